The first kappa shape index (κ1) is 17.1. The first-order valence-electron chi connectivity index (χ1n) is 8.13. The topological polar surface area (TPSA) is 74.8 Å². The summed E-state index contributed by atoms with van der Waals surface area (Å²) in [7, 11) is 0. The zero-order valence-electron chi connectivity index (χ0n) is 14.1. The van der Waals surface area contributed by atoms with Gasteiger partial charge in [-0.15, -0.1) is 0 Å². The van der Waals surface area contributed by atoms with Crippen molar-refractivity contribution in [2.24, 2.45) is 10.9 Å². The number of amides is 1. The maximum Gasteiger partial charge on any atom is 0.221 e. The molecular weight excluding hydrogens is 292 g/mol. The molecule has 6 nitrogen and oxygen atoms in total. The molecule has 0 bridgehead atoms. The predicted octanol–water partition coefficient (Wildman–Crippen LogP) is 1.99. The van der Waals surface area contributed by atoms with E-state index in [4.69, 9.17) is 4.74 Å². The van der Waals surface area contributed by atoms with Crippen LogP contribution < -0.4 is 20.7 Å². The monoisotopic (exact) mass is 318 g/mol. The van der Waals surface area contributed by atoms with Gasteiger partial charge in [0.15, 0.2) is 5.96 Å². The largest absolute Gasteiger partial charge is 0.492 e. The number of carbonyl (C=O) groups excluding carboxylic acids is 1. The van der Waals surface area contributed by atoms with Gasteiger partial charge in [0.2, 0.25) is 5.91 Å². The van der Waals surface area contributed by atoms with Crippen LogP contribution in [0.15, 0.2) is 29.3 Å². The van der Waals surface area contributed by atoms with Gasteiger partial charge in [-0.1, -0.05) is 13.0 Å². The number of rotatable bonds is 7. The SMILES string of the molecule is CCNC(=NCCOc1cccc(NC(C)=O)c1)NC1CC1C. The Hall–Kier alpha value is -2.24. The van der Waals surface area contributed by atoms with Gasteiger partial charge in [0.1, 0.15) is 12.4 Å². The summed E-state index contributed by atoms with van der Waals surface area (Å²) in [5, 5.41) is 9.38. The summed E-state index contributed by atoms with van der Waals surface area (Å²) in [5.74, 6) is 2.20. The summed E-state index contributed by atoms with van der Waals surface area (Å²) in [6, 6.07) is 7.90. The van der Waals surface area contributed by atoms with E-state index in [1.807, 2.05) is 18.2 Å². The van der Waals surface area contributed by atoms with Crippen molar-refractivity contribution in [1.82, 2.24) is 10.6 Å². The number of ether oxygens (including phenoxy) is 1. The van der Waals surface area contributed by atoms with E-state index in [-0.39, 0.29) is 5.91 Å². The van der Waals surface area contributed by atoms with Gasteiger partial charge in [-0.3, -0.25) is 4.79 Å². The summed E-state index contributed by atoms with van der Waals surface area (Å²) in [6.45, 7) is 7.66. The Morgan fingerprint density at radius 1 is 1.43 bits per heavy atom. The molecule has 1 amide bonds. The van der Waals surface area contributed by atoms with Crippen LogP contribution in [0, 0.1) is 5.92 Å². The quantitative estimate of drug-likeness (QED) is 0.408. The summed E-state index contributed by atoms with van der Waals surface area (Å²) >= 11 is 0. The molecule has 2 rings (SSSR count). The Kier molecular flexibility index (Phi) is 6.26. The fraction of sp³-hybridized carbons (Fsp3) is 0.529. The molecule has 0 heterocycles. The molecule has 23 heavy (non-hydrogen) atoms. The maximum absolute atomic E-state index is 11.1. The second kappa shape index (κ2) is 8.41. The predicted molar refractivity (Wildman–Crippen MR) is 92.9 cm³/mol. The zero-order chi connectivity index (χ0) is 16.7. The third-order valence-electron chi connectivity index (χ3n) is 3.56. The first-order chi connectivity index (χ1) is 11.1. The minimum Gasteiger partial charge on any atom is -0.492 e. The minimum atomic E-state index is -0.0950. The molecule has 1 aliphatic carbocycles. The Labute approximate surface area is 137 Å². The Morgan fingerprint density at radius 3 is 2.87 bits per heavy atom. The van der Waals surface area contributed by atoms with Crippen LogP contribution in [0.25, 0.3) is 0 Å². The molecule has 0 aromatic heterocycles. The van der Waals surface area contributed by atoms with Crippen LogP contribution in [-0.2, 0) is 4.79 Å². The molecule has 0 spiro atoms. The normalized spacial score (nSPS) is 19.9. The summed E-state index contributed by atoms with van der Waals surface area (Å²) in [5.41, 5.74) is 0.733. The second-order valence-corrected chi connectivity index (χ2v) is 5.78. The number of aliphatic imine (C=N–C) groups is 1. The number of hydrogen-bond donors (Lipinski definition) is 3. The van der Waals surface area contributed by atoms with Gasteiger partial charge >= 0.3 is 0 Å². The Balaban J connectivity index is 1.78. The molecule has 2 unspecified atom stereocenters. The van der Waals surface area contributed by atoms with Crippen LogP contribution in [0.2, 0.25) is 0 Å². The average molecular weight is 318 g/mol. The molecule has 2 atom stereocenters. The number of nitrogens with one attached hydrogen (secondary N) is 3. The van der Waals surface area contributed by atoms with Gasteiger partial charge < -0.3 is 20.7 Å². The molecule has 0 aliphatic heterocycles. The molecule has 6 heteroatoms. The lowest BCUT2D eigenvalue weighted by Gasteiger charge is -2.11. The second-order valence-electron chi connectivity index (χ2n) is 5.78. The fourth-order valence-corrected chi connectivity index (χ4v) is 2.21. The van der Waals surface area contributed by atoms with Crippen molar-refractivity contribution >= 4 is 17.6 Å². The van der Waals surface area contributed by atoms with Crippen molar-refractivity contribution in [3.05, 3.63) is 24.3 Å². The minimum absolute atomic E-state index is 0.0950. The molecule has 1 aliphatic rings. The highest BCUT2D eigenvalue weighted by atomic mass is 16.5. The van der Waals surface area contributed by atoms with Crippen LogP contribution in [-0.4, -0.2) is 37.6 Å². The van der Waals surface area contributed by atoms with Crippen LogP contribution >= 0.6 is 0 Å². The van der Waals surface area contributed by atoms with Crippen molar-refractivity contribution in [2.75, 3.05) is 25.0 Å². The van der Waals surface area contributed by atoms with Crippen LogP contribution in [0.5, 0.6) is 5.75 Å². The van der Waals surface area contributed by atoms with E-state index in [1.165, 1.54) is 13.3 Å². The smallest absolute Gasteiger partial charge is 0.221 e. The Morgan fingerprint density at radius 2 is 2.22 bits per heavy atom. The summed E-state index contributed by atoms with van der Waals surface area (Å²) in [4.78, 5) is 15.6. The first-order valence-corrected chi connectivity index (χ1v) is 8.13. The highest BCUT2D eigenvalue weighted by Crippen LogP contribution is 2.28. The van der Waals surface area contributed by atoms with Crippen LogP contribution in [0.3, 0.4) is 0 Å². The van der Waals surface area contributed by atoms with Gasteiger partial charge in [0.25, 0.3) is 0 Å². The van der Waals surface area contributed by atoms with Crippen molar-refractivity contribution in [2.45, 2.75) is 33.2 Å². The zero-order valence-corrected chi connectivity index (χ0v) is 14.1. The molecule has 0 saturated heterocycles. The molecule has 1 fully saturated rings. The Bertz CT molecular complexity index is 559. The lowest BCUT2D eigenvalue weighted by Crippen LogP contribution is -2.39. The number of nitrogens with zero attached hydrogens (tertiary/aromatic N) is 1. The van der Waals surface area contributed by atoms with E-state index in [0.717, 1.165) is 29.9 Å². The summed E-state index contributed by atoms with van der Waals surface area (Å²) in [6.07, 6.45) is 1.21. The number of hydrogen-bond acceptors (Lipinski definition) is 3. The van der Waals surface area contributed by atoms with Crippen LogP contribution in [0.4, 0.5) is 5.69 Å². The van der Waals surface area contributed by atoms with Crippen molar-refractivity contribution < 1.29 is 9.53 Å². The maximum atomic E-state index is 11.1. The highest BCUT2D eigenvalue weighted by molar-refractivity contribution is 5.88. The van der Waals surface area contributed by atoms with Gasteiger partial charge in [-0.25, -0.2) is 4.99 Å². The standard InChI is InChI=1S/C17H26N4O2/c1-4-18-17(21-16-10-12(16)2)19-8-9-23-15-7-5-6-14(11-15)20-13(3)22/h5-7,11-12,16H,4,8-10H2,1-3H3,(H,20,22)(H2,18,19,21). The molecule has 1 aromatic carbocycles. The van der Waals surface area contributed by atoms with Crippen molar-refractivity contribution in [3.63, 3.8) is 0 Å². The number of guanidine groups is 1. The van der Waals surface area contributed by atoms with Gasteiger partial charge in [-0.2, -0.15) is 0 Å². The molecule has 3 N–H and O–H groups in total. The molecular formula is C17H26N4O2. The van der Waals surface area contributed by atoms with E-state index < -0.39 is 0 Å². The van der Waals surface area contributed by atoms with Gasteiger partial charge in [0.05, 0.1) is 6.54 Å². The number of carbonyl (C=O) groups is 1. The molecule has 1 saturated carbocycles. The number of benzene rings is 1. The van der Waals surface area contributed by atoms with E-state index >= 15 is 0 Å². The van der Waals surface area contributed by atoms with Gasteiger partial charge in [0, 0.05) is 31.3 Å². The number of anilines is 1. The van der Waals surface area contributed by atoms with Crippen LogP contribution in [0.1, 0.15) is 27.2 Å². The average Bonchev–Trinajstić information content (AvgIpc) is 3.18. The van der Waals surface area contributed by atoms with Crippen molar-refractivity contribution in [3.8, 4) is 5.75 Å². The fourth-order valence-electron chi connectivity index (χ4n) is 2.21. The van der Waals surface area contributed by atoms with E-state index in [9.17, 15) is 4.79 Å². The third kappa shape index (κ3) is 6.18. The summed E-state index contributed by atoms with van der Waals surface area (Å²) < 4.78 is 5.68. The molecule has 0 radical (unpaired) electrons. The third-order valence-corrected chi connectivity index (χ3v) is 3.56. The highest BCUT2D eigenvalue weighted by Gasteiger charge is 2.33. The lowest BCUT2D eigenvalue weighted by atomic mass is 10.3. The lowest BCUT2D eigenvalue weighted by molar-refractivity contribution is -0.114. The van der Waals surface area contributed by atoms with E-state index in [1.54, 1.807) is 6.07 Å². The molecule has 1 aromatic rings. The molecule has 126 valence electrons. The van der Waals surface area contributed by atoms with Crippen molar-refractivity contribution in [1.29, 1.82) is 0 Å². The van der Waals surface area contributed by atoms with Gasteiger partial charge in [-0.05, 0) is 31.4 Å². The van der Waals surface area contributed by atoms with E-state index in [2.05, 4.69) is 34.8 Å². The van der Waals surface area contributed by atoms with E-state index in [0.29, 0.717) is 19.2 Å².